The molecule has 0 radical (unpaired) electrons. The number of halogens is 1. The van der Waals surface area contributed by atoms with Crippen LogP contribution in [0, 0.1) is 0 Å². The summed E-state index contributed by atoms with van der Waals surface area (Å²) < 4.78 is 5.23. The molecule has 0 aliphatic heterocycles. The Labute approximate surface area is 157 Å². The lowest BCUT2D eigenvalue weighted by atomic mass is 10.2. The number of nitrogens with one attached hydrogen (secondary N) is 3. The van der Waals surface area contributed by atoms with Crippen LogP contribution in [0.5, 0.6) is 0 Å². The predicted molar refractivity (Wildman–Crippen MR) is 104 cm³/mol. The van der Waals surface area contributed by atoms with Crippen LogP contribution >= 0.6 is 11.6 Å². The zero-order chi connectivity index (χ0) is 19.2. The largest absolute Gasteiger partial charge is 0.444 e. The molecule has 0 fully saturated rings. The first-order chi connectivity index (χ1) is 12.2. The van der Waals surface area contributed by atoms with Gasteiger partial charge in [-0.05, 0) is 44.5 Å². The Bertz CT molecular complexity index is 788. The monoisotopic (exact) mass is 375 g/mol. The van der Waals surface area contributed by atoms with Gasteiger partial charge >= 0.3 is 12.1 Å². The van der Waals surface area contributed by atoms with Crippen molar-refractivity contribution in [2.45, 2.75) is 32.9 Å². The van der Waals surface area contributed by atoms with Crippen LogP contribution in [0.25, 0.3) is 0 Å². The normalized spacial score (nSPS) is 10.8. The van der Waals surface area contributed by atoms with E-state index in [1.165, 1.54) is 0 Å². The summed E-state index contributed by atoms with van der Waals surface area (Å²) in [4.78, 5) is 24.1. The maximum absolute atomic E-state index is 12.2. The lowest BCUT2D eigenvalue weighted by molar-refractivity contribution is 0.0636. The van der Waals surface area contributed by atoms with E-state index >= 15 is 0 Å². The molecular formula is C19H22ClN3O3. The van der Waals surface area contributed by atoms with Gasteiger partial charge in [0.05, 0.1) is 11.4 Å². The number of para-hydroxylation sites is 2. The summed E-state index contributed by atoms with van der Waals surface area (Å²) >= 11 is 6.07. The summed E-state index contributed by atoms with van der Waals surface area (Å²) in [6, 6.07) is 13.7. The third kappa shape index (κ3) is 6.29. The second-order valence-corrected chi connectivity index (χ2v) is 6.98. The molecule has 0 spiro atoms. The average molecular weight is 376 g/mol. The minimum absolute atomic E-state index is 0.285. The molecule has 0 aliphatic rings. The summed E-state index contributed by atoms with van der Waals surface area (Å²) in [5.74, 6) is 0. The molecule has 0 aromatic heterocycles. The smallest absolute Gasteiger partial charge is 0.412 e. The van der Waals surface area contributed by atoms with E-state index < -0.39 is 17.7 Å². The van der Waals surface area contributed by atoms with Crippen molar-refractivity contribution >= 4 is 35.1 Å². The van der Waals surface area contributed by atoms with Gasteiger partial charge in [0.2, 0.25) is 0 Å². The highest BCUT2D eigenvalue weighted by Gasteiger charge is 2.17. The first-order valence-electron chi connectivity index (χ1n) is 8.12. The predicted octanol–water partition coefficient (Wildman–Crippen LogP) is 5.01. The zero-order valence-corrected chi connectivity index (χ0v) is 15.7. The van der Waals surface area contributed by atoms with Crippen LogP contribution in [0.1, 0.15) is 26.3 Å². The lowest BCUT2D eigenvalue weighted by Gasteiger charge is -2.20. The third-order valence-corrected chi connectivity index (χ3v) is 3.58. The molecule has 2 aromatic rings. The molecule has 138 valence electrons. The van der Waals surface area contributed by atoms with E-state index in [0.717, 1.165) is 5.56 Å². The molecule has 0 atom stereocenters. The Morgan fingerprint density at radius 2 is 1.54 bits per heavy atom. The van der Waals surface area contributed by atoms with Crippen molar-refractivity contribution in [2.75, 3.05) is 10.6 Å². The molecule has 26 heavy (non-hydrogen) atoms. The van der Waals surface area contributed by atoms with E-state index in [-0.39, 0.29) is 6.54 Å². The van der Waals surface area contributed by atoms with Crippen LogP contribution in [0.15, 0.2) is 48.5 Å². The van der Waals surface area contributed by atoms with E-state index in [2.05, 4.69) is 16.0 Å². The van der Waals surface area contributed by atoms with Crippen molar-refractivity contribution in [3.05, 3.63) is 59.1 Å². The van der Waals surface area contributed by atoms with Gasteiger partial charge in [0.25, 0.3) is 0 Å². The van der Waals surface area contributed by atoms with Crippen LogP contribution in [-0.2, 0) is 11.3 Å². The van der Waals surface area contributed by atoms with Crippen molar-refractivity contribution in [3.63, 3.8) is 0 Å². The molecule has 2 aromatic carbocycles. The third-order valence-electron chi connectivity index (χ3n) is 3.21. The first-order valence-corrected chi connectivity index (χ1v) is 8.50. The molecule has 0 saturated heterocycles. The molecule has 6 nitrogen and oxygen atoms in total. The highest BCUT2D eigenvalue weighted by Crippen LogP contribution is 2.22. The second kappa shape index (κ2) is 8.58. The maximum Gasteiger partial charge on any atom is 0.412 e. The molecule has 0 unspecified atom stereocenters. The van der Waals surface area contributed by atoms with Crippen molar-refractivity contribution < 1.29 is 14.3 Å². The van der Waals surface area contributed by atoms with Crippen LogP contribution in [0.4, 0.5) is 21.0 Å². The van der Waals surface area contributed by atoms with Gasteiger partial charge < -0.3 is 15.4 Å². The molecule has 3 N–H and O–H groups in total. The lowest BCUT2D eigenvalue weighted by Crippen LogP contribution is -2.30. The van der Waals surface area contributed by atoms with Gasteiger partial charge in [0.15, 0.2) is 0 Å². The quantitative estimate of drug-likeness (QED) is 0.702. The van der Waals surface area contributed by atoms with Crippen molar-refractivity contribution in [1.29, 1.82) is 0 Å². The number of carbonyl (C=O) groups is 2. The number of carbonyl (C=O) groups excluding carboxylic acids is 2. The minimum Gasteiger partial charge on any atom is -0.444 e. The molecule has 0 bridgehead atoms. The first kappa shape index (κ1) is 19.6. The molecule has 3 amide bonds. The van der Waals surface area contributed by atoms with Crippen LogP contribution < -0.4 is 16.0 Å². The van der Waals surface area contributed by atoms with Gasteiger partial charge in [0, 0.05) is 11.6 Å². The van der Waals surface area contributed by atoms with Gasteiger partial charge in [-0.1, -0.05) is 41.9 Å². The molecule has 7 heteroatoms. The Morgan fingerprint density at radius 1 is 0.962 bits per heavy atom. The zero-order valence-electron chi connectivity index (χ0n) is 14.9. The number of anilines is 2. The van der Waals surface area contributed by atoms with Gasteiger partial charge in [0.1, 0.15) is 5.60 Å². The minimum atomic E-state index is -0.612. The Hall–Kier alpha value is -2.73. The summed E-state index contributed by atoms with van der Waals surface area (Å²) in [7, 11) is 0. The highest BCUT2D eigenvalue weighted by atomic mass is 35.5. The van der Waals surface area contributed by atoms with Crippen molar-refractivity contribution in [2.24, 2.45) is 0 Å². The van der Waals surface area contributed by atoms with Gasteiger partial charge in [-0.2, -0.15) is 0 Å². The van der Waals surface area contributed by atoms with Gasteiger partial charge in [-0.15, -0.1) is 0 Å². The maximum atomic E-state index is 12.2. The summed E-state index contributed by atoms with van der Waals surface area (Å²) in [6.45, 7) is 5.61. The topological polar surface area (TPSA) is 79.5 Å². The molecule has 0 saturated carbocycles. The van der Waals surface area contributed by atoms with E-state index in [1.807, 2.05) is 18.2 Å². The fourth-order valence-electron chi connectivity index (χ4n) is 2.10. The number of urea groups is 1. The summed E-state index contributed by atoms with van der Waals surface area (Å²) in [5.41, 5.74) is 1.09. The Kier molecular flexibility index (Phi) is 6.46. The fourth-order valence-corrected chi connectivity index (χ4v) is 2.30. The van der Waals surface area contributed by atoms with E-state index in [1.54, 1.807) is 51.1 Å². The molecule has 0 aliphatic carbocycles. The van der Waals surface area contributed by atoms with E-state index in [4.69, 9.17) is 16.3 Å². The highest BCUT2D eigenvalue weighted by molar-refractivity contribution is 6.31. The number of amides is 3. The number of ether oxygens (including phenoxy) is 1. The Morgan fingerprint density at radius 3 is 2.15 bits per heavy atom. The molecule has 2 rings (SSSR count). The average Bonchev–Trinajstić information content (AvgIpc) is 2.54. The standard InChI is InChI=1S/C19H22ClN3O3/c1-19(2,3)26-18(25)23-16-11-7-6-10-15(16)22-17(24)21-12-13-8-4-5-9-14(13)20/h4-11H,12H2,1-3H3,(H,23,25)(H2,21,22,24). The number of hydrogen-bond donors (Lipinski definition) is 3. The second-order valence-electron chi connectivity index (χ2n) is 6.57. The van der Waals surface area contributed by atoms with Crippen LogP contribution in [-0.4, -0.2) is 17.7 Å². The van der Waals surface area contributed by atoms with Crippen LogP contribution in [0.2, 0.25) is 5.02 Å². The number of benzene rings is 2. The summed E-state index contributed by atoms with van der Waals surface area (Å²) in [6.07, 6.45) is -0.594. The SMILES string of the molecule is CC(C)(C)OC(=O)Nc1ccccc1NC(=O)NCc1ccccc1Cl. The molecule has 0 heterocycles. The van der Waals surface area contributed by atoms with Gasteiger partial charge in [-0.25, -0.2) is 9.59 Å². The van der Waals surface area contributed by atoms with Gasteiger partial charge in [-0.3, -0.25) is 5.32 Å². The fraction of sp³-hybridized carbons (Fsp3) is 0.263. The van der Waals surface area contributed by atoms with Crippen molar-refractivity contribution in [1.82, 2.24) is 5.32 Å². The van der Waals surface area contributed by atoms with E-state index in [0.29, 0.717) is 16.4 Å². The molecular weight excluding hydrogens is 354 g/mol. The van der Waals surface area contributed by atoms with E-state index in [9.17, 15) is 9.59 Å². The number of rotatable bonds is 4. The van der Waals surface area contributed by atoms with Crippen LogP contribution in [0.3, 0.4) is 0 Å². The Balaban J connectivity index is 1.97. The number of hydrogen-bond acceptors (Lipinski definition) is 3. The van der Waals surface area contributed by atoms with Crippen molar-refractivity contribution in [3.8, 4) is 0 Å². The summed E-state index contributed by atoms with van der Waals surface area (Å²) in [5, 5.41) is 8.65.